The van der Waals surface area contributed by atoms with Gasteiger partial charge in [0.2, 0.25) is 0 Å². The number of anilines is 1. The lowest BCUT2D eigenvalue weighted by Crippen LogP contribution is -2.09. The van der Waals surface area contributed by atoms with Gasteiger partial charge in [0.1, 0.15) is 16.5 Å². The van der Waals surface area contributed by atoms with Gasteiger partial charge in [0, 0.05) is 23.5 Å². The summed E-state index contributed by atoms with van der Waals surface area (Å²) in [6, 6.07) is 6.25. The molecule has 3 rings (SSSR count). The molecule has 0 spiro atoms. The zero-order valence-corrected chi connectivity index (χ0v) is 11.8. The monoisotopic (exact) mass is 272 g/mol. The third-order valence-electron chi connectivity index (χ3n) is 3.08. The molecule has 1 N–H and O–H groups in total. The number of pyridine rings is 1. The molecule has 1 unspecified atom stereocenters. The van der Waals surface area contributed by atoms with Gasteiger partial charge in [-0.1, -0.05) is 13.0 Å². The third kappa shape index (κ3) is 2.33. The van der Waals surface area contributed by atoms with Gasteiger partial charge in [0.25, 0.3) is 0 Å². The Balaban J connectivity index is 1.86. The molecule has 0 saturated carbocycles. The summed E-state index contributed by atoms with van der Waals surface area (Å²) >= 11 is 1.77. The number of nitrogens with one attached hydrogen (secondary N) is 1. The second-order valence-electron chi connectivity index (χ2n) is 4.45. The molecule has 3 aromatic heterocycles. The van der Waals surface area contributed by atoms with Crippen LogP contribution in [-0.2, 0) is 6.42 Å². The Morgan fingerprint density at radius 2 is 2.26 bits per heavy atom. The van der Waals surface area contributed by atoms with E-state index in [1.54, 1.807) is 11.3 Å². The average molecular weight is 272 g/mol. The van der Waals surface area contributed by atoms with Crippen molar-refractivity contribution >= 4 is 22.8 Å². The summed E-state index contributed by atoms with van der Waals surface area (Å²) in [5.74, 6) is 1.04. The summed E-state index contributed by atoms with van der Waals surface area (Å²) in [5, 5.41) is 4.61. The first-order chi connectivity index (χ1) is 9.28. The Morgan fingerprint density at radius 1 is 1.37 bits per heavy atom. The van der Waals surface area contributed by atoms with Crippen LogP contribution in [0.5, 0.6) is 0 Å². The molecule has 5 heteroatoms. The molecule has 0 aliphatic heterocycles. The minimum absolute atomic E-state index is 0.193. The molecule has 0 aliphatic rings. The average Bonchev–Trinajstić information content (AvgIpc) is 3.08. The molecule has 0 bridgehead atoms. The van der Waals surface area contributed by atoms with Crippen LogP contribution >= 0.6 is 11.3 Å². The summed E-state index contributed by atoms with van der Waals surface area (Å²) in [5.41, 5.74) is 0.950. The maximum atomic E-state index is 4.48. The lowest BCUT2D eigenvalue weighted by Gasteiger charge is -2.14. The van der Waals surface area contributed by atoms with Crippen LogP contribution in [0.3, 0.4) is 0 Å². The van der Waals surface area contributed by atoms with E-state index in [4.69, 9.17) is 0 Å². The van der Waals surface area contributed by atoms with Crippen molar-refractivity contribution < 1.29 is 0 Å². The molecule has 0 fully saturated rings. The lowest BCUT2D eigenvalue weighted by atomic mass is 10.3. The van der Waals surface area contributed by atoms with E-state index in [1.165, 1.54) is 4.88 Å². The first-order valence-corrected chi connectivity index (χ1v) is 7.23. The standard InChI is InChI=1S/C14H16N4S/c1-3-11-9-16-14(19-11)10(2)17-13-6-4-5-12-15-7-8-18(12)13/h4-10,17H,3H2,1-2H3. The fraction of sp³-hybridized carbons (Fsp3) is 0.286. The predicted octanol–water partition coefficient (Wildman–Crippen LogP) is 3.53. The van der Waals surface area contributed by atoms with Crippen molar-refractivity contribution in [2.75, 3.05) is 5.32 Å². The number of rotatable bonds is 4. The topological polar surface area (TPSA) is 42.2 Å². The molecule has 3 heterocycles. The number of aryl methyl sites for hydroxylation is 1. The van der Waals surface area contributed by atoms with Crippen LogP contribution in [0, 0.1) is 0 Å². The van der Waals surface area contributed by atoms with E-state index in [0.29, 0.717) is 0 Å². The van der Waals surface area contributed by atoms with Gasteiger partial charge in [-0.3, -0.25) is 4.40 Å². The van der Waals surface area contributed by atoms with Crippen LogP contribution in [0.25, 0.3) is 5.65 Å². The Morgan fingerprint density at radius 3 is 3.05 bits per heavy atom. The highest BCUT2D eigenvalue weighted by molar-refractivity contribution is 7.11. The van der Waals surface area contributed by atoms with Crippen molar-refractivity contribution in [1.82, 2.24) is 14.4 Å². The molecule has 0 radical (unpaired) electrons. The maximum Gasteiger partial charge on any atom is 0.138 e. The number of imidazole rings is 1. The molecule has 0 amide bonds. The Labute approximate surface area is 116 Å². The van der Waals surface area contributed by atoms with Gasteiger partial charge in [-0.15, -0.1) is 11.3 Å². The zero-order valence-electron chi connectivity index (χ0n) is 11.0. The Bertz CT molecular complexity index is 685. The number of nitrogens with zero attached hydrogens (tertiary/aromatic N) is 3. The third-order valence-corrected chi connectivity index (χ3v) is 4.41. The summed E-state index contributed by atoms with van der Waals surface area (Å²) < 4.78 is 2.05. The summed E-state index contributed by atoms with van der Waals surface area (Å²) in [4.78, 5) is 10.1. The number of thiazole rings is 1. The minimum atomic E-state index is 0.193. The van der Waals surface area contributed by atoms with E-state index in [0.717, 1.165) is 22.9 Å². The fourth-order valence-electron chi connectivity index (χ4n) is 2.04. The molecule has 98 valence electrons. The van der Waals surface area contributed by atoms with Crippen molar-refractivity contribution in [3.63, 3.8) is 0 Å². The quantitative estimate of drug-likeness (QED) is 0.790. The lowest BCUT2D eigenvalue weighted by molar-refractivity contribution is 0.855. The van der Waals surface area contributed by atoms with Gasteiger partial charge in [-0.05, 0) is 25.5 Å². The molecule has 0 saturated heterocycles. The van der Waals surface area contributed by atoms with E-state index < -0.39 is 0 Å². The molecular formula is C14H16N4S. The second kappa shape index (κ2) is 5.01. The molecule has 4 nitrogen and oxygen atoms in total. The summed E-state index contributed by atoms with van der Waals surface area (Å²) in [7, 11) is 0. The number of hydrogen-bond acceptors (Lipinski definition) is 4. The van der Waals surface area contributed by atoms with Crippen LogP contribution in [-0.4, -0.2) is 14.4 Å². The van der Waals surface area contributed by atoms with Crippen LogP contribution in [0.1, 0.15) is 29.8 Å². The summed E-state index contributed by atoms with van der Waals surface area (Å²) in [6.45, 7) is 4.29. The van der Waals surface area contributed by atoms with Crippen molar-refractivity contribution in [3.8, 4) is 0 Å². The van der Waals surface area contributed by atoms with E-state index in [9.17, 15) is 0 Å². The van der Waals surface area contributed by atoms with Crippen molar-refractivity contribution in [1.29, 1.82) is 0 Å². The highest BCUT2D eigenvalue weighted by Gasteiger charge is 2.11. The van der Waals surface area contributed by atoms with Gasteiger partial charge in [-0.25, -0.2) is 9.97 Å². The van der Waals surface area contributed by atoms with E-state index in [-0.39, 0.29) is 6.04 Å². The van der Waals surface area contributed by atoms with E-state index in [1.807, 2.05) is 35.1 Å². The number of aromatic nitrogens is 3. The first-order valence-electron chi connectivity index (χ1n) is 6.41. The second-order valence-corrected chi connectivity index (χ2v) is 5.60. The SMILES string of the molecule is CCc1cnc(C(C)Nc2cccc3nccn23)s1. The normalized spacial score (nSPS) is 12.7. The highest BCUT2D eigenvalue weighted by Crippen LogP contribution is 2.24. The number of hydrogen-bond donors (Lipinski definition) is 1. The van der Waals surface area contributed by atoms with Crippen LogP contribution < -0.4 is 5.32 Å². The van der Waals surface area contributed by atoms with Crippen molar-refractivity contribution in [2.24, 2.45) is 0 Å². The van der Waals surface area contributed by atoms with Gasteiger partial charge in [-0.2, -0.15) is 0 Å². The fourth-order valence-corrected chi connectivity index (χ4v) is 2.89. The van der Waals surface area contributed by atoms with Gasteiger partial charge >= 0.3 is 0 Å². The maximum absolute atomic E-state index is 4.48. The smallest absolute Gasteiger partial charge is 0.138 e. The van der Waals surface area contributed by atoms with Gasteiger partial charge in [0.05, 0.1) is 6.04 Å². The number of fused-ring (bicyclic) bond motifs is 1. The predicted molar refractivity (Wildman–Crippen MR) is 78.7 cm³/mol. The van der Waals surface area contributed by atoms with Crippen molar-refractivity contribution in [3.05, 3.63) is 46.7 Å². The first kappa shape index (κ1) is 12.2. The van der Waals surface area contributed by atoms with Gasteiger partial charge in [0.15, 0.2) is 0 Å². The molecule has 19 heavy (non-hydrogen) atoms. The van der Waals surface area contributed by atoms with Gasteiger partial charge < -0.3 is 5.32 Å². The van der Waals surface area contributed by atoms with Crippen LogP contribution in [0.15, 0.2) is 36.8 Å². The Hall–Kier alpha value is -1.88. The molecular weight excluding hydrogens is 256 g/mol. The highest BCUT2D eigenvalue weighted by atomic mass is 32.1. The van der Waals surface area contributed by atoms with E-state index in [2.05, 4.69) is 35.2 Å². The van der Waals surface area contributed by atoms with Crippen molar-refractivity contribution in [2.45, 2.75) is 26.3 Å². The molecule has 0 aliphatic carbocycles. The Kier molecular flexibility index (Phi) is 3.21. The van der Waals surface area contributed by atoms with E-state index >= 15 is 0 Å². The summed E-state index contributed by atoms with van der Waals surface area (Å²) in [6.07, 6.45) is 6.78. The minimum Gasteiger partial charge on any atom is -0.362 e. The molecule has 3 aromatic rings. The molecule has 1 atom stereocenters. The zero-order chi connectivity index (χ0) is 13.2. The largest absolute Gasteiger partial charge is 0.362 e. The van der Waals surface area contributed by atoms with Crippen LogP contribution in [0.2, 0.25) is 0 Å². The van der Waals surface area contributed by atoms with Crippen LogP contribution in [0.4, 0.5) is 5.82 Å². The molecule has 0 aromatic carbocycles.